The Hall–Kier alpha value is -2.99. The molecule has 5 nitrogen and oxygen atoms in total. The molecule has 4 rings (SSSR count). The Bertz CT molecular complexity index is 1160. The van der Waals surface area contributed by atoms with Gasteiger partial charge in [-0.05, 0) is 61.7 Å². The second kappa shape index (κ2) is 7.61. The monoisotopic (exact) mass is 478 g/mol. The van der Waals surface area contributed by atoms with Crippen LogP contribution < -0.4 is 4.90 Å². The minimum Gasteiger partial charge on any atom is -0.302 e. The molecule has 0 aliphatic carbocycles. The number of hydrogen-bond donors (Lipinski definition) is 0. The van der Waals surface area contributed by atoms with Crippen LogP contribution in [0.25, 0.3) is 0 Å². The molecule has 0 spiro atoms. The summed E-state index contributed by atoms with van der Waals surface area (Å²) in [5, 5.41) is 11.6. The number of carbonyl (C=O) groups excluding carboxylic acids is 1. The highest BCUT2D eigenvalue weighted by molar-refractivity contribution is 9.10. The quantitative estimate of drug-likeness (QED) is 0.319. The van der Waals surface area contributed by atoms with Gasteiger partial charge in [-0.15, -0.1) is 0 Å². The van der Waals surface area contributed by atoms with Gasteiger partial charge < -0.3 is 4.90 Å². The topological polar surface area (TPSA) is 63.5 Å². The third kappa shape index (κ3) is 3.65. The molecule has 6 heteroatoms. The summed E-state index contributed by atoms with van der Waals surface area (Å²) in [5.74, 6) is -0.122. The van der Waals surface area contributed by atoms with E-state index in [-0.39, 0.29) is 16.5 Å². The molecule has 0 radical (unpaired) electrons. The van der Waals surface area contributed by atoms with Gasteiger partial charge in [-0.25, -0.2) is 0 Å². The van der Waals surface area contributed by atoms with Gasteiger partial charge in [0.05, 0.1) is 4.92 Å². The van der Waals surface area contributed by atoms with Gasteiger partial charge in [0.2, 0.25) is 0 Å². The predicted molar refractivity (Wildman–Crippen MR) is 126 cm³/mol. The molecule has 0 bridgehead atoms. The van der Waals surface area contributed by atoms with Crippen LogP contribution in [0.15, 0.2) is 77.3 Å². The lowest BCUT2D eigenvalue weighted by Gasteiger charge is -2.51. The van der Waals surface area contributed by atoms with Crippen molar-refractivity contribution in [3.05, 3.63) is 104 Å². The van der Waals surface area contributed by atoms with Crippen LogP contribution in [-0.2, 0) is 5.41 Å². The highest BCUT2D eigenvalue weighted by Gasteiger charge is 2.48. The van der Waals surface area contributed by atoms with E-state index >= 15 is 0 Å². The number of nitrogens with zero attached hydrogens (tertiary/aromatic N) is 2. The van der Waals surface area contributed by atoms with Crippen LogP contribution in [0.1, 0.15) is 48.7 Å². The molecule has 1 amide bonds. The first kappa shape index (κ1) is 21.2. The lowest BCUT2D eigenvalue weighted by molar-refractivity contribution is -0.385. The van der Waals surface area contributed by atoms with Crippen LogP contribution in [-0.4, -0.2) is 16.4 Å². The van der Waals surface area contributed by atoms with E-state index in [2.05, 4.69) is 36.7 Å². The standard InChI is InChI=1S/C25H23BrN2O3/c1-24(2)16-25(3,18-7-5-4-6-8-18)21-15-20(28(30)31)13-14-22(21)27(24)23(29)17-9-11-19(26)12-10-17/h4-15H,16H2,1-3H3. The first-order chi connectivity index (χ1) is 14.6. The first-order valence-electron chi connectivity index (χ1n) is 10.1. The van der Waals surface area contributed by atoms with Crippen molar-refractivity contribution in [1.29, 1.82) is 0 Å². The van der Waals surface area contributed by atoms with E-state index in [1.165, 1.54) is 6.07 Å². The number of anilines is 1. The lowest BCUT2D eigenvalue weighted by atomic mass is 9.65. The second-order valence-corrected chi connectivity index (χ2v) is 9.71. The maximum Gasteiger partial charge on any atom is 0.269 e. The molecule has 1 heterocycles. The predicted octanol–water partition coefficient (Wildman–Crippen LogP) is 6.49. The molecule has 0 N–H and O–H groups in total. The van der Waals surface area contributed by atoms with Crippen molar-refractivity contribution >= 4 is 33.2 Å². The maximum atomic E-state index is 13.6. The Labute approximate surface area is 190 Å². The molecule has 3 aromatic rings. The molecule has 0 saturated heterocycles. The molecule has 1 aliphatic rings. The molecule has 1 atom stereocenters. The van der Waals surface area contributed by atoms with Gasteiger partial charge in [-0.2, -0.15) is 0 Å². The number of fused-ring (bicyclic) bond motifs is 1. The summed E-state index contributed by atoms with van der Waals surface area (Å²) in [4.78, 5) is 26.6. The molecule has 1 unspecified atom stereocenters. The summed E-state index contributed by atoms with van der Waals surface area (Å²) >= 11 is 3.41. The van der Waals surface area contributed by atoms with Gasteiger partial charge in [-0.1, -0.05) is 53.2 Å². The van der Waals surface area contributed by atoms with Crippen molar-refractivity contribution in [3.63, 3.8) is 0 Å². The number of nitro benzene ring substituents is 1. The fourth-order valence-electron chi connectivity index (χ4n) is 4.81. The number of halogens is 1. The SMILES string of the molecule is CC1(c2ccccc2)CC(C)(C)N(C(=O)c2ccc(Br)cc2)c2ccc([N+](=O)[O-])cc21. The maximum absolute atomic E-state index is 13.6. The summed E-state index contributed by atoms with van der Waals surface area (Å²) in [5.41, 5.74) is 2.17. The van der Waals surface area contributed by atoms with Crippen LogP contribution in [0.3, 0.4) is 0 Å². The van der Waals surface area contributed by atoms with E-state index in [4.69, 9.17) is 0 Å². The summed E-state index contributed by atoms with van der Waals surface area (Å²) in [7, 11) is 0. The Kier molecular flexibility index (Phi) is 5.21. The zero-order valence-corrected chi connectivity index (χ0v) is 19.2. The number of benzene rings is 3. The first-order valence-corrected chi connectivity index (χ1v) is 10.9. The van der Waals surface area contributed by atoms with Gasteiger partial charge in [0.1, 0.15) is 0 Å². The van der Waals surface area contributed by atoms with Crippen molar-refractivity contribution in [3.8, 4) is 0 Å². The van der Waals surface area contributed by atoms with Gasteiger partial charge in [0, 0.05) is 38.8 Å². The molecular formula is C25H23BrN2O3. The zero-order chi connectivity index (χ0) is 22.4. The number of nitro groups is 1. The van der Waals surface area contributed by atoms with Crippen LogP contribution >= 0.6 is 15.9 Å². The Morgan fingerprint density at radius 1 is 1.00 bits per heavy atom. The smallest absolute Gasteiger partial charge is 0.269 e. The molecule has 0 saturated carbocycles. The fourth-order valence-corrected chi connectivity index (χ4v) is 5.07. The molecule has 158 valence electrons. The normalized spacial score (nSPS) is 19.5. The largest absolute Gasteiger partial charge is 0.302 e. The third-order valence-electron chi connectivity index (χ3n) is 6.12. The average Bonchev–Trinajstić information content (AvgIpc) is 2.74. The number of hydrogen-bond acceptors (Lipinski definition) is 3. The lowest BCUT2D eigenvalue weighted by Crippen LogP contribution is -2.55. The number of rotatable bonds is 3. The molecule has 3 aromatic carbocycles. The minimum atomic E-state index is -0.516. The van der Waals surface area contributed by atoms with Crippen molar-refractivity contribution in [2.75, 3.05) is 4.90 Å². The molecule has 0 aromatic heterocycles. The van der Waals surface area contributed by atoms with E-state index in [0.29, 0.717) is 17.7 Å². The highest BCUT2D eigenvalue weighted by Crippen LogP contribution is 2.51. The zero-order valence-electron chi connectivity index (χ0n) is 17.6. The van der Waals surface area contributed by atoms with Gasteiger partial charge in [0.25, 0.3) is 11.6 Å². The van der Waals surface area contributed by atoms with Gasteiger partial charge in [-0.3, -0.25) is 14.9 Å². The van der Waals surface area contributed by atoms with E-state index in [0.717, 1.165) is 15.6 Å². The number of non-ortho nitro benzene ring substituents is 1. The molecule has 0 fully saturated rings. The summed E-state index contributed by atoms with van der Waals surface area (Å²) in [6.07, 6.45) is 0.625. The molecule has 31 heavy (non-hydrogen) atoms. The second-order valence-electron chi connectivity index (χ2n) is 8.79. The van der Waals surface area contributed by atoms with Crippen molar-refractivity contribution in [2.24, 2.45) is 0 Å². The summed E-state index contributed by atoms with van der Waals surface area (Å²) in [6, 6.07) is 22.1. The van der Waals surface area contributed by atoms with E-state index in [1.807, 2.05) is 42.5 Å². The van der Waals surface area contributed by atoms with E-state index in [1.54, 1.807) is 29.2 Å². The molecular weight excluding hydrogens is 456 g/mol. The minimum absolute atomic E-state index is 0.0247. The number of amides is 1. The average molecular weight is 479 g/mol. The Morgan fingerprint density at radius 3 is 2.26 bits per heavy atom. The van der Waals surface area contributed by atoms with Gasteiger partial charge in [0.15, 0.2) is 0 Å². The Balaban J connectivity index is 1.94. The van der Waals surface area contributed by atoms with Crippen LogP contribution in [0.2, 0.25) is 0 Å². The summed E-state index contributed by atoms with van der Waals surface area (Å²) < 4.78 is 0.898. The molecule has 1 aliphatic heterocycles. The summed E-state index contributed by atoms with van der Waals surface area (Å²) in [6.45, 7) is 6.21. The van der Waals surface area contributed by atoms with Crippen LogP contribution in [0.5, 0.6) is 0 Å². The Morgan fingerprint density at radius 2 is 1.65 bits per heavy atom. The van der Waals surface area contributed by atoms with E-state index in [9.17, 15) is 14.9 Å². The highest BCUT2D eigenvalue weighted by atomic mass is 79.9. The van der Waals surface area contributed by atoms with E-state index < -0.39 is 11.0 Å². The van der Waals surface area contributed by atoms with Crippen LogP contribution in [0, 0.1) is 10.1 Å². The van der Waals surface area contributed by atoms with Gasteiger partial charge >= 0.3 is 0 Å². The fraction of sp³-hybridized carbons (Fsp3) is 0.240. The van der Waals surface area contributed by atoms with Crippen molar-refractivity contribution < 1.29 is 9.72 Å². The third-order valence-corrected chi connectivity index (χ3v) is 6.65. The number of carbonyl (C=O) groups is 1. The van der Waals surface area contributed by atoms with Crippen molar-refractivity contribution in [2.45, 2.75) is 38.1 Å². The van der Waals surface area contributed by atoms with Crippen LogP contribution in [0.4, 0.5) is 11.4 Å². The van der Waals surface area contributed by atoms with Crippen molar-refractivity contribution in [1.82, 2.24) is 0 Å².